The Labute approximate surface area is 164 Å². The smallest absolute Gasteiger partial charge is 0.231 e. The van der Waals surface area contributed by atoms with E-state index in [2.05, 4.69) is 39.1 Å². The molecule has 0 spiro atoms. The van der Waals surface area contributed by atoms with Gasteiger partial charge in [0.1, 0.15) is 5.82 Å². The first-order valence-electron chi connectivity index (χ1n) is 9.91. The summed E-state index contributed by atoms with van der Waals surface area (Å²) in [4.78, 5) is 7.02. The first kappa shape index (κ1) is 18.8. The van der Waals surface area contributed by atoms with E-state index in [0.717, 1.165) is 67.4 Å². The van der Waals surface area contributed by atoms with E-state index in [9.17, 15) is 4.39 Å². The van der Waals surface area contributed by atoms with Crippen LogP contribution in [0.4, 0.5) is 4.39 Å². The topological polar surface area (TPSA) is 70.8 Å². The molecule has 0 radical (unpaired) electrons. The predicted octanol–water partition coefficient (Wildman–Crippen LogP) is 4.18. The zero-order valence-electron chi connectivity index (χ0n) is 16.4. The number of hydrogen-bond donors (Lipinski definition) is 1. The van der Waals surface area contributed by atoms with Gasteiger partial charge in [-0.25, -0.2) is 4.39 Å². The molecule has 3 heterocycles. The highest BCUT2D eigenvalue weighted by atomic mass is 19.1. The SMILES string of the molecule is CC(C)Cc1noc(C2CCCN(Cc3cn[nH]c3-c3ccc(F)cc3)C2)n1. The molecule has 0 aliphatic carbocycles. The van der Waals surface area contributed by atoms with Gasteiger partial charge in [0.15, 0.2) is 5.82 Å². The Hall–Kier alpha value is -2.54. The maximum absolute atomic E-state index is 13.2. The van der Waals surface area contributed by atoms with E-state index in [0.29, 0.717) is 5.92 Å². The Kier molecular flexibility index (Phi) is 5.52. The molecule has 148 valence electrons. The summed E-state index contributed by atoms with van der Waals surface area (Å²) in [6, 6.07) is 6.50. The van der Waals surface area contributed by atoms with Gasteiger partial charge in [-0.15, -0.1) is 0 Å². The van der Waals surface area contributed by atoms with E-state index < -0.39 is 0 Å². The highest BCUT2D eigenvalue weighted by Gasteiger charge is 2.27. The normalized spacial score (nSPS) is 18.1. The zero-order chi connectivity index (χ0) is 19.5. The highest BCUT2D eigenvalue weighted by molar-refractivity contribution is 5.62. The van der Waals surface area contributed by atoms with Crippen LogP contribution in [0.3, 0.4) is 0 Å². The fourth-order valence-corrected chi connectivity index (χ4v) is 3.82. The molecular formula is C21H26FN5O. The number of aromatic nitrogens is 4. The second-order valence-electron chi connectivity index (χ2n) is 8.00. The third kappa shape index (κ3) is 4.30. The molecular weight excluding hydrogens is 357 g/mol. The van der Waals surface area contributed by atoms with Gasteiger partial charge in [0.05, 0.1) is 17.8 Å². The number of likely N-dealkylation sites (tertiary alicyclic amines) is 1. The molecule has 0 bridgehead atoms. The lowest BCUT2D eigenvalue weighted by atomic mass is 9.97. The van der Waals surface area contributed by atoms with E-state index in [1.807, 2.05) is 6.20 Å². The number of H-pyrrole nitrogens is 1. The number of nitrogens with zero attached hydrogens (tertiary/aromatic N) is 4. The highest BCUT2D eigenvalue weighted by Crippen LogP contribution is 2.29. The van der Waals surface area contributed by atoms with E-state index in [1.165, 1.54) is 12.1 Å². The Morgan fingerprint density at radius 1 is 1.29 bits per heavy atom. The van der Waals surface area contributed by atoms with Gasteiger partial charge in [0, 0.05) is 30.6 Å². The van der Waals surface area contributed by atoms with E-state index in [-0.39, 0.29) is 11.7 Å². The molecule has 1 atom stereocenters. The van der Waals surface area contributed by atoms with Gasteiger partial charge in [-0.1, -0.05) is 19.0 Å². The van der Waals surface area contributed by atoms with Crippen LogP contribution >= 0.6 is 0 Å². The fraction of sp³-hybridized carbons (Fsp3) is 0.476. The Balaban J connectivity index is 1.44. The minimum atomic E-state index is -0.236. The number of nitrogens with one attached hydrogen (secondary N) is 1. The molecule has 28 heavy (non-hydrogen) atoms. The molecule has 4 rings (SSSR count). The summed E-state index contributed by atoms with van der Waals surface area (Å²) in [6.45, 7) is 7.01. The Morgan fingerprint density at radius 2 is 2.11 bits per heavy atom. The molecule has 1 N–H and O–H groups in total. The third-order valence-corrected chi connectivity index (χ3v) is 5.17. The molecule has 1 aromatic carbocycles. The average Bonchev–Trinajstić information content (AvgIpc) is 3.32. The summed E-state index contributed by atoms with van der Waals surface area (Å²) in [6.07, 6.45) is 4.86. The minimum Gasteiger partial charge on any atom is -0.339 e. The first-order chi connectivity index (χ1) is 13.6. The summed E-state index contributed by atoms with van der Waals surface area (Å²) in [5.41, 5.74) is 3.00. The summed E-state index contributed by atoms with van der Waals surface area (Å²) < 4.78 is 18.8. The first-order valence-corrected chi connectivity index (χ1v) is 9.91. The third-order valence-electron chi connectivity index (χ3n) is 5.17. The zero-order valence-corrected chi connectivity index (χ0v) is 16.4. The summed E-state index contributed by atoms with van der Waals surface area (Å²) in [5.74, 6) is 2.10. The van der Waals surface area contributed by atoms with Crippen molar-refractivity contribution in [1.82, 2.24) is 25.2 Å². The van der Waals surface area contributed by atoms with Gasteiger partial charge < -0.3 is 4.52 Å². The molecule has 0 amide bonds. The number of rotatable bonds is 6. The lowest BCUT2D eigenvalue weighted by Gasteiger charge is -2.30. The van der Waals surface area contributed by atoms with Gasteiger partial charge >= 0.3 is 0 Å². The van der Waals surface area contributed by atoms with Crippen molar-refractivity contribution in [2.45, 2.75) is 45.6 Å². The van der Waals surface area contributed by atoms with Crippen molar-refractivity contribution in [3.63, 3.8) is 0 Å². The number of piperidine rings is 1. The molecule has 3 aromatic rings. The Morgan fingerprint density at radius 3 is 2.89 bits per heavy atom. The van der Waals surface area contributed by atoms with Crippen molar-refractivity contribution in [1.29, 1.82) is 0 Å². The van der Waals surface area contributed by atoms with Crippen LogP contribution in [-0.2, 0) is 13.0 Å². The van der Waals surface area contributed by atoms with Gasteiger partial charge in [-0.3, -0.25) is 10.00 Å². The van der Waals surface area contributed by atoms with Gasteiger partial charge in [0.25, 0.3) is 0 Å². The van der Waals surface area contributed by atoms with E-state index >= 15 is 0 Å². The summed E-state index contributed by atoms with van der Waals surface area (Å²) in [7, 11) is 0. The van der Waals surface area contributed by atoms with Gasteiger partial charge in [-0.2, -0.15) is 10.1 Å². The predicted molar refractivity (Wildman–Crippen MR) is 104 cm³/mol. The van der Waals surface area contributed by atoms with Crippen LogP contribution in [0.5, 0.6) is 0 Å². The quantitative estimate of drug-likeness (QED) is 0.691. The van der Waals surface area contributed by atoms with Crippen LogP contribution in [0.2, 0.25) is 0 Å². The molecule has 0 saturated carbocycles. The van der Waals surface area contributed by atoms with Crippen molar-refractivity contribution in [2.24, 2.45) is 5.92 Å². The Bertz CT molecular complexity index is 902. The number of benzene rings is 1. The summed E-state index contributed by atoms with van der Waals surface area (Å²) in [5, 5.41) is 11.4. The standard InChI is InChI=1S/C21H26FN5O/c1-14(2)10-19-24-21(28-26-19)16-4-3-9-27(12-16)13-17-11-23-25-20(17)15-5-7-18(22)8-6-15/h5-8,11,14,16H,3-4,9-10,12-13H2,1-2H3,(H,23,25). The van der Waals surface area contributed by atoms with Crippen molar-refractivity contribution < 1.29 is 8.91 Å². The lowest BCUT2D eigenvalue weighted by Crippen LogP contribution is -2.34. The van der Waals surface area contributed by atoms with Crippen LogP contribution in [0.15, 0.2) is 35.0 Å². The fourth-order valence-electron chi connectivity index (χ4n) is 3.82. The maximum atomic E-state index is 13.2. The maximum Gasteiger partial charge on any atom is 0.231 e. The molecule has 1 saturated heterocycles. The molecule has 2 aromatic heterocycles. The number of hydrogen-bond acceptors (Lipinski definition) is 5. The van der Waals surface area contributed by atoms with E-state index in [4.69, 9.17) is 4.52 Å². The molecule has 1 aliphatic rings. The number of aromatic amines is 1. The van der Waals surface area contributed by atoms with Gasteiger partial charge in [-0.05, 0) is 49.6 Å². The minimum absolute atomic E-state index is 0.236. The lowest BCUT2D eigenvalue weighted by molar-refractivity contribution is 0.180. The molecule has 7 heteroatoms. The van der Waals surface area contributed by atoms with Crippen LogP contribution in [0.1, 0.15) is 49.9 Å². The monoisotopic (exact) mass is 383 g/mol. The molecule has 1 fully saturated rings. The van der Waals surface area contributed by atoms with Crippen LogP contribution < -0.4 is 0 Å². The van der Waals surface area contributed by atoms with E-state index in [1.54, 1.807) is 12.1 Å². The van der Waals surface area contributed by atoms with Crippen LogP contribution in [0, 0.1) is 11.7 Å². The molecule has 1 unspecified atom stereocenters. The average molecular weight is 383 g/mol. The van der Waals surface area contributed by atoms with Crippen molar-refractivity contribution in [3.05, 3.63) is 53.6 Å². The van der Waals surface area contributed by atoms with Crippen molar-refractivity contribution in [3.8, 4) is 11.3 Å². The van der Waals surface area contributed by atoms with Crippen molar-refractivity contribution >= 4 is 0 Å². The van der Waals surface area contributed by atoms with Gasteiger partial charge in [0.2, 0.25) is 5.89 Å². The van der Waals surface area contributed by atoms with Crippen molar-refractivity contribution in [2.75, 3.05) is 13.1 Å². The second-order valence-corrected chi connectivity index (χ2v) is 8.00. The van der Waals surface area contributed by atoms with Crippen LogP contribution in [-0.4, -0.2) is 38.3 Å². The summed E-state index contributed by atoms with van der Waals surface area (Å²) >= 11 is 0. The largest absolute Gasteiger partial charge is 0.339 e. The second kappa shape index (κ2) is 8.22. The molecule has 6 nitrogen and oxygen atoms in total. The van der Waals surface area contributed by atoms with Crippen LogP contribution in [0.25, 0.3) is 11.3 Å². The number of halogens is 1. The molecule has 1 aliphatic heterocycles.